The Bertz CT molecular complexity index is 1340. The Balaban J connectivity index is 2.06. The van der Waals surface area contributed by atoms with Gasteiger partial charge in [-0.05, 0) is 64.6 Å². The SMILES string of the molecule is CNC(=O)C(Cc1ccccc1)N(Cc1c(Cl)cccc1Cl)C(=O)CN(c1ccc(I)cc1)S(C)(=O)=O. The number of carbonyl (C=O) groups excluding carboxylic acids is 2. The van der Waals surface area contributed by atoms with E-state index in [1.54, 1.807) is 42.5 Å². The number of likely N-dealkylation sites (N-methyl/N-ethyl adjacent to an activating group) is 1. The minimum Gasteiger partial charge on any atom is -0.357 e. The summed E-state index contributed by atoms with van der Waals surface area (Å²) in [5.74, 6) is -0.981. The average Bonchev–Trinajstić information content (AvgIpc) is 2.86. The number of hydrogen-bond acceptors (Lipinski definition) is 4. The molecule has 1 atom stereocenters. The molecular formula is C26H26Cl2IN3O4S. The van der Waals surface area contributed by atoms with Crippen LogP contribution in [0.2, 0.25) is 10.0 Å². The number of nitrogens with zero attached hydrogens (tertiary/aromatic N) is 2. The summed E-state index contributed by atoms with van der Waals surface area (Å²) in [7, 11) is -2.34. The van der Waals surface area contributed by atoms with Gasteiger partial charge in [0.05, 0.1) is 11.9 Å². The fourth-order valence-corrected chi connectivity index (χ4v) is 5.52. The largest absolute Gasteiger partial charge is 0.357 e. The molecule has 0 bridgehead atoms. The van der Waals surface area contributed by atoms with Gasteiger partial charge in [0.25, 0.3) is 0 Å². The molecule has 3 rings (SSSR count). The van der Waals surface area contributed by atoms with Gasteiger partial charge in [0.15, 0.2) is 0 Å². The van der Waals surface area contributed by atoms with Gasteiger partial charge in [-0.1, -0.05) is 59.6 Å². The highest BCUT2D eigenvalue weighted by molar-refractivity contribution is 14.1. The van der Waals surface area contributed by atoms with E-state index in [-0.39, 0.29) is 13.0 Å². The molecule has 3 aromatic rings. The molecule has 0 spiro atoms. The molecule has 0 radical (unpaired) electrons. The molecular weight excluding hydrogens is 648 g/mol. The van der Waals surface area contributed by atoms with Gasteiger partial charge in [-0.3, -0.25) is 13.9 Å². The summed E-state index contributed by atoms with van der Waals surface area (Å²) in [4.78, 5) is 28.3. The summed E-state index contributed by atoms with van der Waals surface area (Å²) in [5.41, 5.74) is 1.63. The number of benzene rings is 3. The number of sulfonamides is 1. The van der Waals surface area contributed by atoms with Crippen LogP contribution >= 0.6 is 45.8 Å². The smallest absolute Gasteiger partial charge is 0.244 e. The van der Waals surface area contributed by atoms with Crippen molar-refractivity contribution in [2.75, 3.05) is 24.2 Å². The molecule has 2 amide bonds. The zero-order valence-electron chi connectivity index (χ0n) is 20.2. The normalized spacial score (nSPS) is 12.0. The Labute approximate surface area is 240 Å². The van der Waals surface area contributed by atoms with Crippen molar-refractivity contribution in [1.29, 1.82) is 0 Å². The second-order valence-electron chi connectivity index (χ2n) is 8.29. The molecule has 7 nitrogen and oxygen atoms in total. The molecule has 1 unspecified atom stereocenters. The van der Waals surface area contributed by atoms with E-state index >= 15 is 0 Å². The molecule has 3 aromatic carbocycles. The molecule has 0 saturated heterocycles. The summed E-state index contributed by atoms with van der Waals surface area (Å²) in [5, 5.41) is 3.29. The molecule has 0 heterocycles. The number of rotatable bonds is 10. The van der Waals surface area contributed by atoms with Crippen LogP contribution in [0, 0.1) is 3.57 Å². The first-order valence-electron chi connectivity index (χ1n) is 11.2. The standard InChI is InChI=1S/C26H26Cl2IN3O4S/c1-30-26(34)24(15-18-7-4-3-5-8-18)31(16-21-22(27)9-6-10-23(21)28)25(33)17-32(37(2,35)36)20-13-11-19(29)12-14-20/h3-14,24H,15-17H2,1-2H3,(H,30,34). The maximum atomic E-state index is 13.9. The summed E-state index contributed by atoms with van der Waals surface area (Å²) < 4.78 is 27.4. The van der Waals surface area contributed by atoms with E-state index in [9.17, 15) is 18.0 Å². The lowest BCUT2D eigenvalue weighted by atomic mass is 10.0. The third kappa shape index (κ3) is 7.83. The lowest BCUT2D eigenvalue weighted by Crippen LogP contribution is -2.53. The van der Waals surface area contributed by atoms with Gasteiger partial charge in [-0.25, -0.2) is 8.42 Å². The molecule has 11 heteroatoms. The van der Waals surface area contributed by atoms with E-state index in [0.29, 0.717) is 21.3 Å². The van der Waals surface area contributed by atoms with Crippen LogP contribution < -0.4 is 9.62 Å². The molecule has 0 aliphatic heterocycles. The second-order valence-corrected chi connectivity index (χ2v) is 12.3. The van der Waals surface area contributed by atoms with Gasteiger partial charge in [-0.15, -0.1) is 0 Å². The molecule has 0 fully saturated rings. The van der Waals surface area contributed by atoms with Crippen molar-refractivity contribution in [3.63, 3.8) is 0 Å². The average molecular weight is 674 g/mol. The van der Waals surface area contributed by atoms with E-state index in [1.165, 1.54) is 11.9 Å². The van der Waals surface area contributed by atoms with Crippen LogP contribution in [0.25, 0.3) is 0 Å². The third-order valence-corrected chi connectivity index (χ3v) is 8.27. The number of halogens is 3. The predicted molar refractivity (Wildman–Crippen MR) is 156 cm³/mol. The lowest BCUT2D eigenvalue weighted by molar-refractivity contribution is -0.139. The van der Waals surface area contributed by atoms with Crippen LogP contribution in [0.1, 0.15) is 11.1 Å². The van der Waals surface area contributed by atoms with E-state index in [2.05, 4.69) is 27.9 Å². The summed E-state index contributed by atoms with van der Waals surface area (Å²) >= 11 is 14.9. The predicted octanol–water partition coefficient (Wildman–Crippen LogP) is 4.75. The minimum absolute atomic E-state index is 0.0907. The number of hydrogen-bond donors (Lipinski definition) is 1. The minimum atomic E-state index is -3.83. The van der Waals surface area contributed by atoms with Gasteiger partial charge in [0.2, 0.25) is 21.8 Å². The van der Waals surface area contributed by atoms with Crippen molar-refractivity contribution in [2.45, 2.75) is 19.0 Å². The van der Waals surface area contributed by atoms with Crippen LogP contribution in [0.3, 0.4) is 0 Å². The summed E-state index contributed by atoms with van der Waals surface area (Å²) in [6, 6.07) is 20.0. The van der Waals surface area contributed by atoms with Crippen molar-refractivity contribution in [2.24, 2.45) is 0 Å². The quantitative estimate of drug-likeness (QED) is 0.315. The maximum Gasteiger partial charge on any atom is 0.244 e. The Kier molecular flexibility index (Phi) is 10.2. The molecule has 196 valence electrons. The zero-order chi connectivity index (χ0) is 27.2. The zero-order valence-corrected chi connectivity index (χ0v) is 24.7. The lowest BCUT2D eigenvalue weighted by Gasteiger charge is -2.33. The third-order valence-electron chi connectivity index (χ3n) is 5.70. The highest BCUT2D eigenvalue weighted by Gasteiger charge is 2.33. The molecule has 37 heavy (non-hydrogen) atoms. The van der Waals surface area contributed by atoms with Crippen LogP contribution in [0.15, 0.2) is 72.8 Å². The van der Waals surface area contributed by atoms with Crippen molar-refractivity contribution in [1.82, 2.24) is 10.2 Å². The van der Waals surface area contributed by atoms with E-state index < -0.39 is 34.4 Å². The second kappa shape index (κ2) is 12.9. The van der Waals surface area contributed by atoms with E-state index in [4.69, 9.17) is 23.2 Å². The van der Waals surface area contributed by atoms with Crippen molar-refractivity contribution >= 4 is 73.3 Å². The fourth-order valence-electron chi connectivity index (χ4n) is 3.80. The molecule has 0 saturated carbocycles. The summed E-state index contributed by atoms with van der Waals surface area (Å²) in [6.07, 6.45) is 1.24. The maximum absolute atomic E-state index is 13.9. The number of anilines is 1. The number of carbonyl (C=O) groups is 2. The molecule has 0 aromatic heterocycles. The van der Waals surface area contributed by atoms with Gasteiger partial charge in [-0.2, -0.15) is 0 Å². The van der Waals surface area contributed by atoms with Gasteiger partial charge < -0.3 is 10.2 Å². The number of nitrogens with one attached hydrogen (secondary N) is 1. The van der Waals surface area contributed by atoms with Crippen LogP contribution in [-0.2, 0) is 32.6 Å². The van der Waals surface area contributed by atoms with E-state index in [1.807, 2.05) is 30.3 Å². The highest BCUT2D eigenvalue weighted by Crippen LogP contribution is 2.28. The fraction of sp³-hybridized carbons (Fsp3) is 0.231. The molecule has 0 aliphatic carbocycles. The van der Waals surface area contributed by atoms with E-state index in [0.717, 1.165) is 19.7 Å². The Morgan fingerprint density at radius 3 is 2.08 bits per heavy atom. The Hall–Kier alpha value is -2.34. The highest BCUT2D eigenvalue weighted by atomic mass is 127. The van der Waals surface area contributed by atoms with Crippen LogP contribution in [0.4, 0.5) is 5.69 Å². The molecule has 1 N–H and O–H groups in total. The first kappa shape index (κ1) is 29.2. The summed E-state index contributed by atoms with van der Waals surface area (Å²) in [6.45, 7) is -0.601. The van der Waals surface area contributed by atoms with Crippen molar-refractivity contribution < 1.29 is 18.0 Å². The Morgan fingerprint density at radius 2 is 1.54 bits per heavy atom. The van der Waals surface area contributed by atoms with Crippen molar-refractivity contribution in [3.05, 3.63) is 97.5 Å². The van der Waals surface area contributed by atoms with Crippen LogP contribution in [-0.4, -0.2) is 51.0 Å². The van der Waals surface area contributed by atoms with Gasteiger partial charge >= 0.3 is 0 Å². The number of amides is 2. The topological polar surface area (TPSA) is 86.8 Å². The van der Waals surface area contributed by atoms with Crippen molar-refractivity contribution in [3.8, 4) is 0 Å². The van der Waals surface area contributed by atoms with Crippen LogP contribution in [0.5, 0.6) is 0 Å². The first-order valence-corrected chi connectivity index (χ1v) is 14.9. The van der Waals surface area contributed by atoms with Gasteiger partial charge in [0.1, 0.15) is 12.6 Å². The monoisotopic (exact) mass is 673 g/mol. The Morgan fingerprint density at radius 1 is 0.946 bits per heavy atom. The van der Waals surface area contributed by atoms with Gasteiger partial charge in [0, 0.05) is 39.2 Å². The first-order chi connectivity index (χ1) is 17.5. The molecule has 0 aliphatic rings.